The van der Waals surface area contributed by atoms with E-state index >= 15 is 0 Å². The number of nitrogens with zero attached hydrogens (tertiary/aromatic N) is 1. The quantitative estimate of drug-likeness (QED) is 0.182. The van der Waals surface area contributed by atoms with Crippen molar-refractivity contribution in [3.8, 4) is 21.7 Å². The van der Waals surface area contributed by atoms with E-state index in [1.54, 1.807) is 34.4 Å². The largest absolute Gasteiger partial charge is 0.466 e. The number of carbonyl (C=O) groups excluding carboxylic acids is 1. The molecule has 0 bridgehead atoms. The van der Waals surface area contributed by atoms with Crippen LogP contribution in [0.2, 0.25) is 0 Å². The first kappa shape index (κ1) is 20.9. The van der Waals surface area contributed by atoms with Crippen LogP contribution in [0, 0.1) is 0 Å². The van der Waals surface area contributed by atoms with Gasteiger partial charge in [-0.1, -0.05) is 36.4 Å². The number of aromatic nitrogens is 1. The normalized spacial score (nSPS) is 11.1. The van der Waals surface area contributed by atoms with Crippen molar-refractivity contribution in [3.63, 3.8) is 0 Å². The van der Waals surface area contributed by atoms with E-state index in [9.17, 15) is 4.79 Å². The number of hydrogen-bond donors (Lipinski definition) is 1. The molecule has 0 unspecified atom stereocenters. The highest BCUT2D eigenvalue weighted by Gasteiger charge is 2.18. The predicted octanol–water partition coefficient (Wildman–Crippen LogP) is 6.71. The van der Waals surface area contributed by atoms with Crippen LogP contribution < -0.4 is 5.73 Å². The van der Waals surface area contributed by atoms with Gasteiger partial charge in [0.25, 0.3) is 0 Å². The van der Waals surface area contributed by atoms with Gasteiger partial charge in [-0.25, -0.2) is 4.98 Å². The Kier molecular flexibility index (Phi) is 6.72. The number of benzene rings is 1. The first-order valence-corrected chi connectivity index (χ1v) is 12.4. The number of nitrogens with two attached hydrogens (primary N) is 1. The van der Waals surface area contributed by atoms with Crippen molar-refractivity contribution in [1.29, 1.82) is 0 Å². The van der Waals surface area contributed by atoms with Gasteiger partial charge in [0.15, 0.2) is 0 Å². The molecule has 0 amide bonds. The van der Waals surface area contributed by atoms with Crippen molar-refractivity contribution >= 4 is 56.3 Å². The van der Waals surface area contributed by atoms with Gasteiger partial charge in [-0.05, 0) is 47.2 Å². The average molecular weight is 455 g/mol. The molecule has 7 heteroatoms. The van der Waals surface area contributed by atoms with E-state index in [-0.39, 0.29) is 5.97 Å². The third-order valence-corrected chi connectivity index (χ3v) is 7.97. The molecule has 0 saturated carbocycles. The van der Waals surface area contributed by atoms with Gasteiger partial charge in [0.2, 0.25) is 0 Å². The van der Waals surface area contributed by atoms with Crippen molar-refractivity contribution < 1.29 is 9.53 Å². The number of unbranched alkanes of at least 4 members (excludes halogenated alkanes) is 1. The van der Waals surface area contributed by atoms with Gasteiger partial charge >= 0.3 is 5.97 Å². The summed E-state index contributed by atoms with van der Waals surface area (Å²) < 4.78 is 6.10. The summed E-state index contributed by atoms with van der Waals surface area (Å²) in [5.74, 6) is 0.703. The topological polar surface area (TPSA) is 65.2 Å². The van der Waals surface area contributed by atoms with Gasteiger partial charge in [0.05, 0.1) is 27.1 Å². The number of carbonyl (C=O) groups is 1. The number of thioether (sulfide) groups is 1. The summed E-state index contributed by atoms with van der Waals surface area (Å²) in [6.45, 7) is 1.91. The zero-order chi connectivity index (χ0) is 20.9. The van der Waals surface area contributed by atoms with Crippen LogP contribution in [0.3, 0.4) is 0 Å². The highest BCUT2D eigenvalue weighted by atomic mass is 32.2. The first-order valence-electron chi connectivity index (χ1n) is 9.72. The lowest BCUT2D eigenvalue weighted by Crippen LogP contribution is -2.00. The van der Waals surface area contributed by atoms with Crippen LogP contribution in [0.5, 0.6) is 0 Å². The Bertz CT molecular complexity index is 1140. The molecule has 3 heterocycles. The fourth-order valence-corrected chi connectivity index (χ4v) is 6.24. The van der Waals surface area contributed by atoms with Crippen molar-refractivity contribution in [2.75, 3.05) is 18.1 Å². The number of fused-ring (bicyclic) bond motifs is 1. The highest BCUT2D eigenvalue weighted by molar-refractivity contribution is 8.01. The third-order valence-electron chi connectivity index (χ3n) is 4.60. The number of pyridine rings is 1. The van der Waals surface area contributed by atoms with E-state index < -0.39 is 0 Å². The maximum atomic E-state index is 10.9. The molecule has 30 heavy (non-hydrogen) atoms. The molecule has 0 aliphatic carbocycles. The second-order valence-electron chi connectivity index (χ2n) is 6.78. The molecule has 4 nitrogen and oxygen atoms in total. The van der Waals surface area contributed by atoms with Gasteiger partial charge in [0, 0.05) is 12.3 Å². The van der Waals surface area contributed by atoms with E-state index in [1.807, 2.05) is 24.3 Å². The van der Waals surface area contributed by atoms with Crippen molar-refractivity contribution in [3.05, 3.63) is 53.9 Å². The van der Waals surface area contributed by atoms with Crippen LogP contribution in [-0.2, 0) is 9.53 Å². The van der Waals surface area contributed by atoms with Crippen LogP contribution in [-0.4, -0.2) is 23.3 Å². The number of rotatable bonds is 8. The van der Waals surface area contributed by atoms with Crippen LogP contribution in [0.1, 0.15) is 19.8 Å². The lowest BCUT2D eigenvalue weighted by Gasteiger charge is -2.08. The molecule has 0 spiro atoms. The zero-order valence-corrected chi connectivity index (χ0v) is 19.0. The number of ether oxygens (including phenoxy) is 1. The monoisotopic (exact) mass is 454 g/mol. The van der Waals surface area contributed by atoms with Gasteiger partial charge in [-0.15, -0.1) is 34.4 Å². The van der Waals surface area contributed by atoms with E-state index in [2.05, 4.69) is 29.6 Å². The van der Waals surface area contributed by atoms with Gasteiger partial charge in [-0.2, -0.15) is 0 Å². The molecule has 0 radical (unpaired) electrons. The van der Waals surface area contributed by atoms with E-state index in [0.717, 1.165) is 60.4 Å². The second kappa shape index (κ2) is 9.64. The minimum Gasteiger partial charge on any atom is -0.466 e. The van der Waals surface area contributed by atoms with E-state index in [0.29, 0.717) is 6.61 Å². The van der Waals surface area contributed by atoms with Crippen LogP contribution in [0.25, 0.3) is 31.9 Å². The smallest absolute Gasteiger partial charge is 0.302 e. The molecule has 0 aliphatic rings. The van der Waals surface area contributed by atoms with Crippen LogP contribution in [0.15, 0.2) is 58.1 Å². The number of hydrogen-bond acceptors (Lipinski definition) is 7. The first-order chi connectivity index (χ1) is 14.6. The van der Waals surface area contributed by atoms with Gasteiger partial charge in [0.1, 0.15) is 4.83 Å². The molecular formula is C23H22N2O2S3. The molecule has 3 aromatic heterocycles. The molecule has 0 fully saturated rings. The number of thiophene rings is 2. The van der Waals surface area contributed by atoms with Gasteiger partial charge in [-0.3, -0.25) is 4.79 Å². The third kappa shape index (κ3) is 4.69. The molecule has 0 aliphatic heterocycles. The van der Waals surface area contributed by atoms with Crippen molar-refractivity contribution in [2.24, 2.45) is 0 Å². The predicted molar refractivity (Wildman–Crippen MR) is 129 cm³/mol. The molecule has 4 rings (SSSR count). The SMILES string of the molecule is CC(=O)OCCCCSc1sc2nc(-c3cccs3)cc(-c3ccccc3)c2c1N. The molecule has 154 valence electrons. The molecular weight excluding hydrogens is 432 g/mol. The fraction of sp³-hybridized carbons (Fsp3) is 0.217. The Hall–Kier alpha value is -2.35. The molecule has 0 atom stereocenters. The number of anilines is 1. The van der Waals surface area contributed by atoms with E-state index in [1.165, 1.54) is 6.92 Å². The lowest BCUT2D eigenvalue weighted by molar-refractivity contribution is -0.141. The van der Waals surface area contributed by atoms with E-state index in [4.69, 9.17) is 15.5 Å². The van der Waals surface area contributed by atoms with Gasteiger partial charge < -0.3 is 10.5 Å². The molecule has 4 aromatic rings. The standard InChI is InChI=1S/C23H22N2O2S3/c1-15(26)27-11-5-6-12-29-23-21(24)20-17(16-8-3-2-4-9-16)14-18(25-22(20)30-23)19-10-7-13-28-19/h2-4,7-10,13-14H,5-6,11-12,24H2,1H3. The second-order valence-corrected chi connectivity index (χ2v) is 10.1. The average Bonchev–Trinajstić information content (AvgIpc) is 3.39. The Morgan fingerprint density at radius 2 is 2.00 bits per heavy atom. The number of esters is 1. The Morgan fingerprint density at radius 1 is 1.17 bits per heavy atom. The Labute approximate surface area is 188 Å². The minimum atomic E-state index is -0.225. The maximum absolute atomic E-state index is 10.9. The summed E-state index contributed by atoms with van der Waals surface area (Å²) in [5, 5.41) is 3.11. The highest BCUT2D eigenvalue weighted by Crippen LogP contribution is 2.45. The molecule has 2 N–H and O–H groups in total. The number of nitrogen functional groups attached to an aromatic ring is 1. The molecule has 0 saturated heterocycles. The maximum Gasteiger partial charge on any atom is 0.302 e. The Balaban J connectivity index is 1.64. The van der Waals surface area contributed by atoms with Crippen LogP contribution >= 0.6 is 34.4 Å². The Morgan fingerprint density at radius 3 is 2.73 bits per heavy atom. The fourth-order valence-electron chi connectivity index (χ4n) is 3.19. The summed E-state index contributed by atoms with van der Waals surface area (Å²) in [6, 6.07) is 16.7. The lowest BCUT2D eigenvalue weighted by atomic mass is 10.0. The summed E-state index contributed by atoms with van der Waals surface area (Å²) in [4.78, 5) is 17.9. The summed E-state index contributed by atoms with van der Waals surface area (Å²) >= 11 is 5.11. The molecule has 1 aromatic carbocycles. The van der Waals surface area contributed by atoms with Crippen LogP contribution in [0.4, 0.5) is 5.69 Å². The summed E-state index contributed by atoms with van der Waals surface area (Å²) in [5.41, 5.74) is 10.7. The zero-order valence-electron chi connectivity index (χ0n) is 16.6. The van der Waals surface area contributed by atoms with Crippen molar-refractivity contribution in [1.82, 2.24) is 4.98 Å². The summed E-state index contributed by atoms with van der Waals surface area (Å²) in [7, 11) is 0. The summed E-state index contributed by atoms with van der Waals surface area (Å²) in [6.07, 6.45) is 1.82. The minimum absolute atomic E-state index is 0.225. The van der Waals surface area contributed by atoms with Crippen molar-refractivity contribution in [2.45, 2.75) is 24.0 Å².